The van der Waals surface area contributed by atoms with Crippen LogP contribution < -0.4 is 5.32 Å². The fraction of sp³-hybridized carbons (Fsp3) is 0.375. The van der Waals surface area contributed by atoms with Crippen LogP contribution in [0.1, 0.15) is 24.3 Å². The molecule has 0 radical (unpaired) electrons. The van der Waals surface area contributed by atoms with Gasteiger partial charge in [0.05, 0.1) is 7.11 Å². The first-order valence-corrected chi connectivity index (χ1v) is 6.89. The Morgan fingerprint density at radius 3 is 2.48 bits per heavy atom. The molecule has 0 aliphatic heterocycles. The molecular formula is C16H20N2O3. The fourth-order valence-electron chi connectivity index (χ4n) is 2.35. The Kier molecular flexibility index (Phi) is 4.31. The largest absolute Gasteiger partial charge is 0.467 e. The lowest BCUT2D eigenvalue weighted by Gasteiger charge is -2.19. The van der Waals surface area contributed by atoms with Crippen LogP contribution in [0.5, 0.6) is 0 Å². The normalized spacial score (nSPS) is 12.4. The van der Waals surface area contributed by atoms with Crippen LogP contribution in [-0.4, -0.2) is 29.6 Å². The van der Waals surface area contributed by atoms with Gasteiger partial charge in [0.1, 0.15) is 11.7 Å². The predicted molar refractivity (Wildman–Crippen MR) is 81.0 cm³/mol. The quantitative estimate of drug-likeness (QED) is 0.877. The molecule has 1 N–H and O–H groups in total. The van der Waals surface area contributed by atoms with E-state index in [0.29, 0.717) is 5.69 Å². The van der Waals surface area contributed by atoms with Crippen LogP contribution in [0.25, 0.3) is 10.9 Å². The SMILES string of the molecule is COC(=O)[C@@H](NC(=O)c1cc2ccccc2n1C)C(C)C. The van der Waals surface area contributed by atoms with Crippen molar-refractivity contribution >= 4 is 22.8 Å². The number of rotatable bonds is 4. The summed E-state index contributed by atoms with van der Waals surface area (Å²) in [5, 5.41) is 3.74. The number of nitrogens with one attached hydrogen (secondary N) is 1. The van der Waals surface area contributed by atoms with Gasteiger partial charge in [0.25, 0.3) is 5.91 Å². The van der Waals surface area contributed by atoms with Gasteiger partial charge in [0.2, 0.25) is 0 Å². The summed E-state index contributed by atoms with van der Waals surface area (Å²) in [5.74, 6) is -0.758. The van der Waals surface area contributed by atoms with Crippen LogP contribution >= 0.6 is 0 Å². The first-order valence-electron chi connectivity index (χ1n) is 6.89. The minimum atomic E-state index is -0.652. The van der Waals surface area contributed by atoms with Crippen LogP contribution in [0, 0.1) is 5.92 Å². The second-order valence-corrected chi connectivity index (χ2v) is 5.37. The smallest absolute Gasteiger partial charge is 0.328 e. The van der Waals surface area contributed by atoms with E-state index >= 15 is 0 Å². The van der Waals surface area contributed by atoms with Crippen molar-refractivity contribution in [3.8, 4) is 0 Å². The van der Waals surface area contributed by atoms with Crippen molar-refractivity contribution in [2.45, 2.75) is 19.9 Å². The van der Waals surface area contributed by atoms with E-state index < -0.39 is 12.0 Å². The van der Waals surface area contributed by atoms with Gasteiger partial charge in [-0.2, -0.15) is 0 Å². The maximum absolute atomic E-state index is 12.4. The molecule has 1 amide bonds. The molecule has 2 aromatic rings. The molecule has 0 unspecified atom stereocenters. The van der Waals surface area contributed by atoms with Crippen molar-refractivity contribution < 1.29 is 14.3 Å². The Hall–Kier alpha value is -2.30. The zero-order valence-corrected chi connectivity index (χ0v) is 12.7. The number of methoxy groups -OCH3 is 1. The number of carbonyl (C=O) groups is 2. The number of benzene rings is 1. The third kappa shape index (κ3) is 2.91. The zero-order valence-electron chi connectivity index (χ0n) is 12.7. The highest BCUT2D eigenvalue weighted by Crippen LogP contribution is 2.18. The first-order chi connectivity index (χ1) is 9.95. The van der Waals surface area contributed by atoms with E-state index in [2.05, 4.69) is 5.32 Å². The Morgan fingerprint density at radius 2 is 1.90 bits per heavy atom. The van der Waals surface area contributed by atoms with E-state index in [1.165, 1.54) is 7.11 Å². The number of hydrogen-bond acceptors (Lipinski definition) is 3. The molecule has 0 bridgehead atoms. The van der Waals surface area contributed by atoms with Gasteiger partial charge < -0.3 is 14.6 Å². The number of nitrogens with zero attached hydrogens (tertiary/aromatic N) is 1. The minimum Gasteiger partial charge on any atom is -0.467 e. The number of fused-ring (bicyclic) bond motifs is 1. The molecule has 0 spiro atoms. The van der Waals surface area contributed by atoms with E-state index in [9.17, 15) is 9.59 Å². The number of aromatic nitrogens is 1. The summed E-state index contributed by atoms with van der Waals surface area (Å²) in [6.45, 7) is 3.73. The van der Waals surface area contributed by atoms with Crippen molar-refractivity contribution in [1.82, 2.24) is 9.88 Å². The zero-order chi connectivity index (χ0) is 15.6. The second kappa shape index (κ2) is 5.99. The summed E-state index contributed by atoms with van der Waals surface area (Å²) in [5.41, 5.74) is 1.49. The van der Waals surface area contributed by atoms with Crippen molar-refractivity contribution in [2.75, 3.05) is 7.11 Å². The lowest BCUT2D eigenvalue weighted by molar-refractivity contribution is -0.144. The number of aryl methyl sites for hydroxylation is 1. The highest BCUT2D eigenvalue weighted by atomic mass is 16.5. The molecule has 21 heavy (non-hydrogen) atoms. The molecule has 112 valence electrons. The summed E-state index contributed by atoms with van der Waals surface area (Å²) < 4.78 is 6.56. The number of carbonyl (C=O) groups excluding carboxylic acids is 2. The molecule has 0 aliphatic carbocycles. The molecule has 2 rings (SSSR count). The van der Waals surface area contributed by atoms with Gasteiger partial charge in [-0.05, 0) is 18.1 Å². The first kappa shape index (κ1) is 15.1. The molecule has 0 aliphatic rings. The predicted octanol–water partition coefficient (Wildman–Crippen LogP) is 2.11. The molecule has 1 atom stereocenters. The molecule has 1 aromatic heterocycles. The summed E-state index contributed by atoms with van der Waals surface area (Å²) in [7, 11) is 3.15. The Labute approximate surface area is 123 Å². The summed E-state index contributed by atoms with van der Waals surface area (Å²) in [6.07, 6.45) is 0. The van der Waals surface area contributed by atoms with Crippen molar-refractivity contribution in [3.05, 3.63) is 36.0 Å². The molecule has 0 fully saturated rings. The second-order valence-electron chi connectivity index (χ2n) is 5.37. The molecule has 0 saturated carbocycles. The molecule has 0 saturated heterocycles. The summed E-state index contributed by atoms with van der Waals surface area (Å²) in [6, 6.07) is 8.92. The number of ether oxygens (including phenoxy) is 1. The summed E-state index contributed by atoms with van der Waals surface area (Å²) >= 11 is 0. The molecule has 1 heterocycles. The number of hydrogen-bond donors (Lipinski definition) is 1. The summed E-state index contributed by atoms with van der Waals surface area (Å²) in [4.78, 5) is 24.2. The van der Waals surface area contributed by atoms with E-state index in [1.54, 1.807) is 0 Å². The van der Waals surface area contributed by atoms with Crippen LogP contribution in [0.4, 0.5) is 0 Å². The standard InChI is InChI=1S/C16H20N2O3/c1-10(2)14(16(20)21-4)17-15(19)13-9-11-7-5-6-8-12(11)18(13)3/h5-10,14H,1-4H3,(H,17,19)/t14-/m0/s1. The van der Waals surface area contributed by atoms with Gasteiger partial charge >= 0.3 is 5.97 Å². The number of amides is 1. The van der Waals surface area contributed by atoms with Crippen LogP contribution in [0.15, 0.2) is 30.3 Å². The van der Waals surface area contributed by atoms with Gasteiger partial charge in [-0.15, -0.1) is 0 Å². The molecular weight excluding hydrogens is 268 g/mol. The minimum absolute atomic E-state index is 0.0453. The lowest BCUT2D eigenvalue weighted by Crippen LogP contribution is -2.45. The van der Waals surface area contributed by atoms with Crippen molar-refractivity contribution in [2.24, 2.45) is 13.0 Å². The van der Waals surface area contributed by atoms with E-state index in [4.69, 9.17) is 4.74 Å². The Bertz CT molecular complexity index is 673. The van der Waals surface area contributed by atoms with Gasteiger partial charge in [0.15, 0.2) is 0 Å². The molecule has 5 heteroatoms. The van der Waals surface area contributed by atoms with Crippen LogP contribution in [0.2, 0.25) is 0 Å². The maximum Gasteiger partial charge on any atom is 0.328 e. The Balaban J connectivity index is 2.29. The molecule has 5 nitrogen and oxygen atoms in total. The topological polar surface area (TPSA) is 60.3 Å². The highest BCUT2D eigenvalue weighted by molar-refractivity contribution is 6.00. The van der Waals surface area contributed by atoms with Gasteiger partial charge in [0, 0.05) is 18.0 Å². The van der Waals surface area contributed by atoms with Gasteiger partial charge in [-0.3, -0.25) is 4.79 Å². The highest BCUT2D eigenvalue weighted by Gasteiger charge is 2.26. The molecule has 1 aromatic carbocycles. The fourth-order valence-corrected chi connectivity index (χ4v) is 2.35. The van der Waals surface area contributed by atoms with Crippen LogP contribution in [0.3, 0.4) is 0 Å². The number of esters is 1. The van der Waals surface area contributed by atoms with Crippen LogP contribution in [-0.2, 0) is 16.6 Å². The maximum atomic E-state index is 12.4. The lowest BCUT2D eigenvalue weighted by atomic mass is 10.0. The van der Waals surface area contributed by atoms with E-state index in [-0.39, 0.29) is 11.8 Å². The van der Waals surface area contributed by atoms with E-state index in [1.807, 2.05) is 55.8 Å². The monoisotopic (exact) mass is 288 g/mol. The average molecular weight is 288 g/mol. The third-order valence-corrected chi connectivity index (χ3v) is 3.59. The van der Waals surface area contributed by atoms with Crippen molar-refractivity contribution in [1.29, 1.82) is 0 Å². The van der Waals surface area contributed by atoms with Crippen molar-refractivity contribution in [3.63, 3.8) is 0 Å². The Morgan fingerprint density at radius 1 is 1.24 bits per heavy atom. The van der Waals surface area contributed by atoms with E-state index in [0.717, 1.165) is 10.9 Å². The third-order valence-electron chi connectivity index (χ3n) is 3.59. The van der Waals surface area contributed by atoms with Gasteiger partial charge in [-0.1, -0.05) is 32.0 Å². The average Bonchev–Trinajstić information content (AvgIpc) is 2.81. The van der Waals surface area contributed by atoms with Gasteiger partial charge in [-0.25, -0.2) is 4.79 Å². The number of para-hydroxylation sites is 1.